The maximum absolute atomic E-state index is 13.3. The highest BCUT2D eigenvalue weighted by Crippen LogP contribution is 2.42. The van der Waals surface area contributed by atoms with Crippen LogP contribution in [-0.2, 0) is 23.8 Å². The molecular weight excluding hydrogens is 616 g/mol. The molecule has 1 fully saturated rings. The molecule has 0 atom stereocenters. The molecule has 1 aliphatic carbocycles. The van der Waals surface area contributed by atoms with Gasteiger partial charge in [-0.1, -0.05) is 65.3 Å². The van der Waals surface area contributed by atoms with Crippen molar-refractivity contribution in [3.05, 3.63) is 59.4 Å². The summed E-state index contributed by atoms with van der Waals surface area (Å²) in [5, 5.41) is 0. The molecule has 0 N–H and O–H groups in total. The molecule has 0 aromatic heterocycles. The van der Waals surface area contributed by atoms with E-state index < -0.39 is 0 Å². The van der Waals surface area contributed by atoms with Crippen molar-refractivity contribution in [3.8, 4) is 16.9 Å². The molecular formula is C41H60N2O6. The first-order valence-corrected chi connectivity index (χ1v) is 18.2. The van der Waals surface area contributed by atoms with E-state index in [2.05, 4.69) is 81.7 Å². The Labute approximate surface area is 295 Å². The van der Waals surface area contributed by atoms with Gasteiger partial charge in [0.2, 0.25) is 0 Å². The molecule has 0 unspecified atom stereocenters. The quantitative estimate of drug-likeness (QED) is 0.144. The molecule has 4 rings (SSSR count). The zero-order valence-corrected chi connectivity index (χ0v) is 31.2. The van der Waals surface area contributed by atoms with Crippen LogP contribution in [0.15, 0.2) is 48.2 Å². The number of benzene rings is 2. The number of aryl methyl sites for hydroxylation is 1. The summed E-state index contributed by atoms with van der Waals surface area (Å²) in [6, 6.07) is 14.6. The molecule has 2 aromatic carbocycles. The SMILES string of the molecule is CCOC1=C(c2cc(-c3ccc(OCCN4CCN(CCOCCOCC(=O)CC(C)(C)CC)CC4)cc3)ccc2C)C(=O)CC(C)(C)C1. The standard InChI is InChI=1S/C41H60N2O6/c1-8-40(4,5)27-34(44)30-47-25-24-46-22-20-42-16-18-43(19-17-42)21-23-49-35-14-12-32(13-15-35)33-11-10-31(3)36(26-33)39-37(45)28-41(6,7)29-38(39)48-9-2/h10-15,26H,8-9,16-25,27-30H2,1-7H3. The highest BCUT2D eigenvalue weighted by atomic mass is 16.5. The van der Waals surface area contributed by atoms with Gasteiger partial charge in [-0.3, -0.25) is 19.4 Å². The Morgan fingerprint density at radius 2 is 1.45 bits per heavy atom. The lowest BCUT2D eigenvalue weighted by Gasteiger charge is -2.34. The largest absolute Gasteiger partial charge is 0.497 e. The highest BCUT2D eigenvalue weighted by Gasteiger charge is 2.35. The predicted molar refractivity (Wildman–Crippen MR) is 197 cm³/mol. The average molecular weight is 677 g/mol. The normalized spacial score (nSPS) is 17.4. The van der Waals surface area contributed by atoms with Gasteiger partial charge in [0.05, 0.1) is 32.0 Å². The second kappa shape index (κ2) is 18.3. The Morgan fingerprint density at radius 3 is 2.10 bits per heavy atom. The Kier molecular flexibility index (Phi) is 14.5. The maximum atomic E-state index is 13.3. The molecule has 270 valence electrons. The van der Waals surface area contributed by atoms with Crippen molar-refractivity contribution in [2.45, 2.75) is 74.1 Å². The fourth-order valence-electron chi connectivity index (χ4n) is 6.51. The monoisotopic (exact) mass is 676 g/mol. The third-order valence-electron chi connectivity index (χ3n) is 9.81. The van der Waals surface area contributed by atoms with Gasteiger partial charge in [0.15, 0.2) is 11.6 Å². The maximum Gasteiger partial charge on any atom is 0.167 e. The molecule has 0 saturated carbocycles. The third-order valence-corrected chi connectivity index (χ3v) is 9.81. The molecule has 1 saturated heterocycles. The molecule has 0 radical (unpaired) electrons. The van der Waals surface area contributed by atoms with Crippen molar-refractivity contribution in [1.29, 1.82) is 0 Å². The van der Waals surface area contributed by atoms with Crippen LogP contribution in [0.5, 0.6) is 5.75 Å². The zero-order valence-electron chi connectivity index (χ0n) is 31.2. The molecule has 8 heteroatoms. The molecule has 2 aliphatic rings. The summed E-state index contributed by atoms with van der Waals surface area (Å²) in [7, 11) is 0. The van der Waals surface area contributed by atoms with Crippen LogP contribution < -0.4 is 4.74 Å². The van der Waals surface area contributed by atoms with Crippen LogP contribution in [0.3, 0.4) is 0 Å². The third kappa shape index (κ3) is 12.1. The van der Waals surface area contributed by atoms with Gasteiger partial charge in [0.1, 0.15) is 24.7 Å². The van der Waals surface area contributed by atoms with Crippen molar-refractivity contribution in [1.82, 2.24) is 9.80 Å². The molecule has 0 spiro atoms. The number of allylic oxidation sites excluding steroid dienone is 2. The molecule has 8 nitrogen and oxygen atoms in total. The van der Waals surface area contributed by atoms with Gasteiger partial charge < -0.3 is 18.9 Å². The van der Waals surface area contributed by atoms with E-state index in [-0.39, 0.29) is 29.0 Å². The van der Waals surface area contributed by atoms with E-state index in [9.17, 15) is 9.59 Å². The van der Waals surface area contributed by atoms with Gasteiger partial charge >= 0.3 is 0 Å². The first-order valence-electron chi connectivity index (χ1n) is 18.2. The van der Waals surface area contributed by atoms with Crippen molar-refractivity contribution in [2.24, 2.45) is 10.8 Å². The van der Waals surface area contributed by atoms with Crippen LogP contribution in [0.4, 0.5) is 0 Å². The minimum atomic E-state index is -0.0940. The van der Waals surface area contributed by atoms with E-state index in [4.69, 9.17) is 18.9 Å². The number of nitrogens with zero attached hydrogens (tertiary/aromatic N) is 2. The number of Topliss-reactive ketones (excluding diaryl/α,β-unsaturated/α-hetero) is 2. The van der Waals surface area contributed by atoms with Gasteiger partial charge in [0, 0.05) is 58.5 Å². The Bertz CT molecular complexity index is 1410. The summed E-state index contributed by atoms with van der Waals surface area (Å²) < 4.78 is 23.4. The topological polar surface area (TPSA) is 77.5 Å². The summed E-state index contributed by atoms with van der Waals surface area (Å²) in [4.78, 5) is 30.3. The average Bonchev–Trinajstić information content (AvgIpc) is 3.05. The van der Waals surface area contributed by atoms with E-state index in [1.54, 1.807) is 0 Å². The van der Waals surface area contributed by atoms with Crippen molar-refractivity contribution in [3.63, 3.8) is 0 Å². The van der Waals surface area contributed by atoms with Crippen molar-refractivity contribution >= 4 is 17.1 Å². The molecule has 0 amide bonds. The second-order valence-electron chi connectivity index (χ2n) is 15.2. The Balaban J connectivity index is 1.15. The smallest absolute Gasteiger partial charge is 0.167 e. The number of rotatable bonds is 19. The van der Waals surface area contributed by atoms with Gasteiger partial charge in [0.25, 0.3) is 0 Å². The molecule has 1 aliphatic heterocycles. The molecule has 0 bridgehead atoms. The summed E-state index contributed by atoms with van der Waals surface area (Å²) in [5.41, 5.74) is 4.90. The van der Waals surface area contributed by atoms with Gasteiger partial charge in [-0.25, -0.2) is 0 Å². The lowest BCUT2D eigenvalue weighted by atomic mass is 9.74. The fraction of sp³-hybridized carbons (Fsp3) is 0.610. The number of carbonyl (C=O) groups excluding carboxylic acids is 2. The number of piperazine rings is 1. The van der Waals surface area contributed by atoms with Crippen molar-refractivity contribution < 1.29 is 28.5 Å². The number of ketones is 2. The van der Waals surface area contributed by atoms with Gasteiger partial charge in [-0.2, -0.15) is 0 Å². The summed E-state index contributed by atoms with van der Waals surface area (Å²) >= 11 is 0. The van der Waals surface area contributed by atoms with E-state index in [0.29, 0.717) is 45.9 Å². The predicted octanol–water partition coefficient (Wildman–Crippen LogP) is 7.22. The lowest BCUT2D eigenvalue weighted by molar-refractivity contribution is -0.126. The molecule has 1 heterocycles. The Morgan fingerprint density at radius 1 is 0.816 bits per heavy atom. The van der Waals surface area contributed by atoms with E-state index in [1.165, 1.54) is 0 Å². The number of hydrogen-bond acceptors (Lipinski definition) is 8. The number of hydrogen-bond donors (Lipinski definition) is 0. The van der Waals surface area contributed by atoms with Crippen LogP contribution in [0.1, 0.15) is 78.4 Å². The minimum absolute atomic E-state index is 0.0421. The van der Waals surface area contributed by atoms with Crippen LogP contribution in [-0.4, -0.2) is 100 Å². The van der Waals surface area contributed by atoms with E-state index in [0.717, 1.165) is 91.4 Å². The van der Waals surface area contributed by atoms with Gasteiger partial charge in [-0.05, 0) is 65.1 Å². The summed E-state index contributed by atoms with van der Waals surface area (Å²) in [5.74, 6) is 2.00. The molecule has 49 heavy (non-hydrogen) atoms. The summed E-state index contributed by atoms with van der Waals surface area (Å²) in [6.07, 6.45) is 2.84. The molecule has 2 aromatic rings. The lowest BCUT2D eigenvalue weighted by Crippen LogP contribution is -2.48. The number of carbonyl (C=O) groups is 2. The Hall–Kier alpha value is -3.04. The van der Waals surface area contributed by atoms with E-state index >= 15 is 0 Å². The van der Waals surface area contributed by atoms with Crippen LogP contribution >= 0.6 is 0 Å². The van der Waals surface area contributed by atoms with Crippen LogP contribution in [0.25, 0.3) is 16.7 Å². The van der Waals surface area contributed by atoms with E-state index in [1.807, 2.05) is 19.1 Å². The van der Waals surface area contributed by atoms with Crippen LogP contribution in [0, 0.1) is 17.8 Å². The van der Waals surface area contributed by atoms with Gasteiger partial charge in [-0.15, -0.1) is 0 Å². The number of ether oxygens (including phenoxy) is 4. The first-order chi connectivity index (χ1) is 23.4. The summed E-state index contributed by atoms with van der Waals surface area (Å²) in [6.45, 7) is 23.5. The minimum Gasteiger partial charge on any atom is -0.497 e. The van der Waals surface area contributed by atoms with Crippen LogP contribution in [0.2, 0.25) is 0 Å². The second-order valence-corrected chi connectivity index (χ2v) is 15.2. The first kappa shape index (κ1) is 38.8. The highest BCUT2D eigenvalue weighted by molar-refractivity contribution is 6.22. The zero-order chi connectivity index (χ0) is 35.4. The van der Waals surface area contributed by atoms with Crippen molar-refractivity contribution in [2.75, 3.05) is 78.9 Å². The fourth-order valence-corrected chi connectivity index (χ4v) is 6.51.